The molecule has 1 fully saturated rings. The molecule has 112 valence electrons. The van der Waals surface area contributed by atoms with Crippen LogP contribution in [0.2, 0.25) is 5.02 Å². The smallest absolute Gasteiger partial charge is 0.260 e. The van der Waals surface area contributed by atoms with E-state index < -0.39 is 5.60 Å². The Hall–Kier alpha value is -1.59. The van der Waals surface area contributed by atoms with Crippen LogP contribution in [0.4, 0.5) is 5.69 Å². The Morgan fingerprint density at radius 3 is 2.86 bits per heavy atom. The van der Waals surface area contributed by atoms with Gasteiger partial charge < -0.3 is 15.0 Å². The van der Waals surface area contributed by atoms with Gasteiger partial charge in [0, 0.05) is 6.61 Å². The summed E-state index contributed by atoms with van der Waals surface area (Å²) in [6.07, 6.45) is 4.07. The van der Waals surface area contributed by atoms with E-state index in [1.165, 1.54) is 0 Å². The number of aromatic nitrogens is 2. The highest BCUT2D eigenvalue weighted by molar-refractivity contribution is 6.33. The number of hydrogen-bond donors (Lipinski definition) is 1. The normalized spacial score (nSPS) is 17.2. The molecule has 21 heavy (non-hydrogen) atoms. The van der Waals surface area contributed by atoms with Crippen molar-refractivity contribution in [2.75, 3.05) is 12.3 Å². The van der Waals surface area contributed by atoms with Gasteiger partial charge in [-0.15, -0.1) is 0 Å². The Labute approximate surface area is 128 Å². The molecule has 0 amide bonds. The van der Waals surface area contributed by atoms with Crippen LogP contribution in [0.1, 0.15) is 38.4 Å². The van der Waals surface area contributed by atoms with E-state index in [-0.39, 0.29) is 0 Å². The van der Waals surface area contributed by atoms with Crippen molar-refractivity contribution in [2.24, 2.45) is 0 Å². The highest BCUT2D eigenvalue weighted by Gasteiger charge is 2.41. The van der Waals surface area contributed by atoms with Crippen LogP contribution in [0.3, 0.4) is 0 Å². The average Bonchev–Trinajstić information content (AvgIpc) is 3.12. The number of benzene rings is 1. The maximum Gasteiger partial charge on any atom is 0.260 e. The van der Waals surface area contributed by atoms with Gasteiger partial charge in [-0.25, -0.2) is 0 Å². The highest BCUT2D eigenvalue weighted by atomic mass is 35.5. The zero-order chi connectivity index (χ0) is 14.9. The van der Waals surface area contributed by atoms with Crippen molar-refractivity contribution in [3.8, 4) is 11.5 Å². The fourth-order valence-electron chi connectivity index (χ4n) is 2.90. The molecule has 1 aromatic heterocycles. The number of rotatable bonds is 4. The highest BCUT2D eigenvalue weighted by Crippen LogP contribution is 2.41. The van der Waals surface area contributed by atoms with Gasteiger partial charge in [-0.2, -0.15) is 4.98 Å². The van der Waals surface area contributed by atoms with Crippen LogP contribution in [0.5, 0.6) is 0 Å². The zero-order valence-electron chi connectivity index (χ0n) is 11.9. The third kappa shape index (κ3) is 2.51. The lowest BCUT2D eigenvalue weighted by molar-refractivity contribution is -0.0469. The molecule has 1 aliphatic rings. The molecule has 0 unspecified atom stereocenters. The summed E-state index contributed by atoms with van der Waals surface area (Å²) in [5.74, 6) is 0.993. The fraction of sp³-hybridized carbons (Fsp3) is 0.467. The molecule has 0 radical (unpaired) electrons. The standard InChI is InChI=1S/C15H18ClN3O2/c1-2-20-15(8-3-4-9-15)14-18-13(21-19-14)10-6-5-7-11(16)12(10)17/h5-7H,2-4,8-9,17H2,1H3. The van der Waals surface area contributed by atoms with Crippen LogP contribution in [0, 0.1) is 0 Å². The van der Waals surface area contributed by atoms with Gasteiger partial charge in [0.1, 0.15) is 5.60 Å². The third-order valence-corrected chi connectivity index (χ3v) is 4.28. The predicted octanol–water partition coefficient (Wildman–Crippen LogP) is 3.78. The number of hydrogen-bond acceptors (Lipinski definition) is 5. The van der Waals surface area contributed by atoms with Crippen LogP contribution < -0.4 is 5.73 Å². The molecule has 1 saturated carbocycles. The lowest BCUT2D eigenvalue weighted by Crippen LogP contribution is -2.27. The van der Waals surface area contributed by atoms with Crippen molar-refractivity contribution in [3.63, 3.8) is 0 Å². The number of ether oxygens (including phenoxy) is 1. The van der Waals surface area contributed by atoms with Gasteiger partial charge in [-0.1, -0.05) is 22.8 Å². The van der Waals surface area contributed by atoms with E-state index in [0.717, 1.165) is 25.7 Å². The van der Waals surface area contributed by atoms with E-state index in [0.29, 0.717) is 34.6 Å². The summed E-state index contributed by atoms with van der Waals surface area (Å²) in [4.78, 5) is 4.51. The molecule has 0 spiro atoms. The Morgan fingerprint density at radius 1 is 1.38 bits per heavy atom. The summed E-state index contributed by atoms with van der Waals surface area (Å²) in [6.45, 7) is 2.61. The van der Waals surface area contributed by atoms with Gasteiger partial charge in [-0.05, 0) is 44.7 Å². The van der Waals surface area contributed by atoms with Gasteiger partial charge in [0.2, 0.25) is 5.82 Å². The van der Waals surface area contributed by atoms with Crippen molar-refractivity contribution >= 4 is 17.3 Å². The van der Waals surface area contributed by atoms with Gasteiger partial charge in [0.05, 0.1) is 16.3 Å². The van der Waals surface area contributed by atoms with Crippen LogP contribution in [0.15, 0.2) is 22.7 Å². The van der Waals surface area contributed by atoms with Crippen molar-refractivity contribution in [2.45, 2.75) is 38.2 Å². The summed E-state index contributed by atoms with van der Waals surface area (Å²) >= 11 is 6.04. The first-order valence-corrected chi connectivity index (χ1v) is 7.56. The molecule has 2 aromatic rings. The minimum absolute atomic E-state index is 0.385. The van der Waals surface area contributed by atoms with E-state index in [9.17, 15) is 0 Å². The maximum atomic E-state index is 6.04. The summed E-state index contributed by atoms with van der Waals surface area (Å²) in [7, 11) is 0. The molecule has 6 heteroatoms. The predicted molar refractivity (Wildman–Crippen MR) is 80.9 cm³/mol. The van der Waals surface area contributed by atoms with Crippen molar-refractivity contribution < 1.29 is 9.26 Å². The monoisotopic (exact) mass is 307 g/mol. The van der Waals surface area contributed by atoms with Crippen LogP contribution in [-0.4, -0.2) is 16.7 Å². The first-order valence-electron chi connectivity index (χ1n) is 7.19. The van der Waals surface area contributed by atoms with E-state index >= 15 is 0 Å². The average molecular weight is 308 g/mol. The van der Waals surface area contributed by atoms with Gasteiger partial charge in [-0.3, -0.25) is 0 Å². The summed E-state index contributed by atoms with van der Waals surface area (Å²) in [6, 6.07) is 5.36. The first-order chi connectivity index (χ1) is 10.2. The number of nitrogen functional groups attached to an aromatic ring is 1. The molecule has 1 aliphatic carbocycles. The van der Waals surface area contributed by atoms with Crippen molar-refractivity contribution in [1.29, 1.82) is 0 Å². The van der Waals surface area contributed by atoms with E-state index in [1.807, 2.05) is 19.1 Å². The SMILES string of the molecule is CCOC1(c2noc(-c3cccc(Cl)c3N)n2)CCCC1. The Morgan fingerprint density at radius 2 is 2.14 bits per heavy atom. The number of para-hydroxylation sites is 1. The lowest BCUT2D eigenvalue weighted by atomic mass is 10.0. The molecule has 5 nitrogen and oxygen atoms in total. The van der Waals surface area contributed by atoms with Crippen molar-refractivity contribution in [3.05, 3.63) is 29.0 Å². The quantitative estimate of drug-likeness (QED) is 0.870. The molecule has 1 aromatic carbocycles. The van der Waals surface area contributed by atoms with Crippen LogP contribution >= 0.6 is 11.6 Å². The molecule has 0 saturated heterocycles. The second kappa shape index (κ2) is 5.66. The molecule has 0 atom stereocenters. The molecule has 2 N–H and O–H groups in total. The molecular formula is C15H18ClN3O2. The minimum atomic E-state index is -0.413. The zero-order valence-corrected chi connectivity index (χ0v) is 12.7. The lowest BCUT2D eigenvalue weighted by Gasteiger charge is -2.24. The fourth-order valence-corrected chi connectivity index (χ4v) is 3.07. The van der Waals surface area contributed by atoms with E-state index in [2.05, 4.69) is 10.1 Å². The van der Waals surface area contributed by atoms with Crippen LogP contribution in [-0.2, 0) is 10.3 Å². The number of nitrogens with two attached hydrogens (primary N) is 1. The second-order valence-electron chi connectivity index (χ2n) is 5.26. The van der Waals surface area contributed by atoms with E-state index in [4.69, 9.17) is 26.6 Å². The number of nitrogens with zero attached hydrogens (tertiary/aromatic N) is 2. The topological polar surface area (TPSA) is 74.2 Å². The second-order valence-corrected chi connectivity index (χ2v) is 5.67. The molecule has 0 aliphatic heterocycles. The molecular weight excluding hydrogens is 290 g/mol. The largest absolute Gasteiger partial charge is 0.397 e. The van der Waals surface area contributed by atoms with Gasteiger partial charge >= 0.3 is 0 Å². The summed E-state index contributed by atoms with van der Waals surface area (Å²) in [5.41, 5.74) is 6.67. The Bertz CT molecular complexity index is 636. The molecule has 1 heterocycles. The molecule has 0 bridgehead atoms. The summed E-state index contributed by atoms with van der Waals surface area (Å²) < 4.78 is 11.3. The number of halogens is 1. The van der Waals surface area contributed by atoms with Crippen molar-refractivity contribution in [1.82, 2.24) is 10.1 Å². The van der Waals surface area contributed by atoms with Crippen LogP contribution in [0.25, 0.3) is 11.5 Å². The number of anilines is 1. The maximum absolute atomic E-state index is 6.04. The molecule has 3 rings (SSSR count). The third-order valence-electron chi connectivity index (χ3n) is 3.95. The summed E-state index contributed by atoms with van der Waals surface area (Å²) in [5, 5.41) is 4.61. The van der Waals surface area contributed by atoms with E-state index in [1.54, 1.807) is 6.07 Å². The first kappa shape index (κ1) is 14.4. The Balaban J connectivity index is 1.98. The Kier molecular flexibility index (Phi) is 3.87. The van der Waals surface area contributed by atoms with Gasteiger partial charge in [0.15, 0.2) is 0 Å². The van der Waals surface area contributed by atoms with Gasteiger partial charge in [0.25, 0.3) is 5.89 Å². The minimum Gasteiger partial charge on any atom is -0.397 e.